The zero-order valence-electron chi connectivity index (χ0n) is 14.0. The number of aromatic nitrogens is 2. The van der Waals surface area contributed by atoms with Gasteiger partial charge in [0.2, 0.25) is 5.88 Å². The van der Waals surface area contributed by atoms with E-state index in [-0.39, 0.29) is 11.8 Å². The number of nitrogens with one attached hydrogen (secondary N) is 2. The van der Waals surface area contributed by atoms with Crippen molar-refractivity contribution in [2.45, 2.75) is 39.7 Å². The van der Waals surface area contributed by atoms with Crippen molar-refractivity contribution >= 4 is 5.91 Å². The SMILES string of the molecule is Cc1ccccc1CCc1[nH]c(=O)n([C@@H](C(=O)NO)C(C)C)c1O. The van der Waals surface area contributed by atoms with Crippen LogP contribution in [0.1, 0.15) is 36.7 Å². The van der Waals surface area contributed by atoms with Crippen LogP contribution in [0.25, 0.3) is 0 Å². The molecule has 0 unspecified atom stereocenters. The number of hydrogen-bond donors (Lipinski definition) is 4. The van der Waals surface area contributed by atoms with Crippen LogP contribution in [-0.2, 0) is 17.6 Å². The van der Waals surface area contributed by atoms with Gasteiger partial charge in [-0.1, -0.05) is 38.1 Å². The second-order valence-corrected chi connectivity index (χ2v) is 6.19. The van der Waals surface area contributed by atoms with Crippen LogP contribution in [0, 0.1) is 12.8 Å². The van der Waals surface area contributed by atoms with E-state index in [0.717, 1.165) is 15.7 Å². The maximum absolute atomic E-state index is 12.2. The Morgan fingerprint density at radius 2 is 1.96 bits per heavy atom. The summed E-state index contributed by atoms with van der Waals surface area (Å²) in [5, 5.41) is 19.3. The fraction of sp³-hybridized carbons (Fsp3) is 0.412. The van der Waals surface area contributed by atoms with E-state index in [2.05, 4.69) is 4.98 Å². The first-order valence-electron chi connectivity index (χ1n) is 7.87. The van der Waals surface area contributed by atoms with Crippen LogP contribution in [0.5, 0.6) is 5.88 Å². The number of rotatable bonds is 6. The molecule has 1 heterocycles. The van der Waals surface area contributed by atoms with Crippen LogP contribution in [0.2, 0.25) is 0 Å². The molecule has 2 aromatic rings. The standard InChI is InChI=1S/C17H23N3O4/c1-10(2)14(15(21)19-24)20-16(22)13(18-17(20)23)9-8-12-7-5-4-6-11(12)3/h4-7,10,14,22,24H,8-9H2,1-3H3,(H,18,23)(H,19,21)/t14-/m1/s1. The molecular weight excluding hydrogens is 310 g/mol. The number of carbonyl (C=O) groups is 1. The highest BCUT2D eigenvalue weighted by molar-refractivity contribution is 5.79. The molecule has 1 amide bonds. The van der Waals surface area contributed by atoms with Crippen LogP contribution < -0.4 is 11.2 Å². The Kier molecular flexibility index (Phi) is 5.46. The predicted octanol–water partition coefficient (Wildman–Crippen LogP) is 1.68. The third-order valence-electron chi connectivity index (χ3n) is 4.17. The Hall–Kier alpha value is -2.54. The molecule has 130 valence electrons. The lowest BCUT2D eigenvalue weighted by atomic mass is 10.0. The fourth-order valence-electron chi connectivity index (χ4n) is 2.85. The van der Waals surface area contributed by atoms with Gasteiger partial charge in [-0.3, -0.25) is 14.6 Å². The molecule has 7 nitrogen and oxygen atoms in total. The third-order valence-corrected chi connectivity index (χ3v) is 4.17. The van der Waals surface area contributed by atoms with E-state index in [4.69, 9.17) is 5.21 Å². The minimum absolute atomic E-state index is 0.268. The molecule has 1 atom stereocenters. The summed E-state index contributed by atoms with van der Waals surface area (Å²) in [4.78, 5) is 26.6. The topological polar surface area (TPSA) is 107 Å². The molecule has 0 aliphatic heterocycles. The van der Waals surface area contributed by atoms with Gasteiger partial charge in [-0.2, -0.15) is 0 Å². The molecule has 0 aliphatic carbocycles. The minimum atomic E-state index is -0.994. The third kappa shape index (κ3) is 3.51. The smallest absolute Gasteiger partial charge is 0.329 e. The average Bonchev–Trinajstić information content (AvgIpc) is 2.81. The lowest BCUT2D eigenvalue weighted by molar-refractivity contribution is -0.134. The van der Waals surface area contributed by atoms with Gasteiger partial charge in [-0.15, -0.1) is 0 Å². The second-order valence-electron chi connectivity index (χ2n) is 6.19. The normalized spacial score (nSPS) is 12.4. The van der Waals surface area contributed by atoms with Crippen molar-refractivity contribution in [2.24, 2.45) is 5.92 Å². The molecule has 0 radical (unpaired) electrons. The van der Waals surface area contributed by atoms with Gasteiger partial charge < -0.3 is 10.1 Å². The summed E-state index contributed by atoms with van der Waals surface area (Å²) in [7, 11) is 0. The molecule has 4 N–H and O–H groups in total. The maximum Gasteiger partial charge on any atom is 0.329 e. The first-order chi connectivity index (χ1) is 11.4. The van der Waals surface area contributed by atoms with E-state index < -0.39 is 17.6 Å². The number of hydrogen-bond acceptors (Lipinski definition) is 4. The van der Waals surface area contributed by atoms with Crippen LogP contribution in [0.3, 0.4) is 0 Å². The number of H-pyrrole nitrogens is 1. The summed E-state index contributed by atoms with van der Waals surface area (Å²) < 4.78 is 0.989. The van der Waals surface area contributed by atoms with Crippen LogP contribution in [0.4, 0.5) is 0 Å². The quantitative estimate of drug-likeness (QED) is 0.476. The van der Waals surface area contributed by atoms with Crippen molar-refractivity contribution in [1.82, 2.24) is 15.0 Å². The molecule has 0 spiro atoms. The molecule has 0 saturated carbocycles. The van der Waals surface area contributed by atoms with Crippen LogP contribution >= 0.6 is 0 Å². The Morgan fingerprint density at radius 3 is 2.54 bits per heavy atom. The summed E-state index contributed by atoms with van der Waals surface area (Å²) in [6, 6.07) is 6.90. The van der Waals surface area contributed by atoms with Gasteiger partial charge in [0.05, 0.1) is 5.69 Å². The van der Waals surface area contributed by atoms with E-state index in [0.29, 0.717) is 18.5 Å². The maximum atomic E-state index is 12.2. The summed E-state index contributed by atoms with van der Waals surface area (Å²) in [5.41, 5.74) is 3.61. The summed E-state index contributed by atoms with van der Waals surface area (Å²) >= 11 is 0. The molecule has 0 aliphatic rings. The van der Waals surface area contributed by atoms with Gasteiger partial charge in [0.25, 0.3) is 5.91 Å². The van der Waals surface area contributed by atoms with E-state index in [1.54, 1.807) is 19.3 Å². The first-order valence-corrected chi connectivity index (χ1v) is 7.87. The largest absolute Gasteiger partial charge is 0.493 e. The van der Waals surface area contributed by atoms with Crippen molar-refractivity contribution in [3.8, 4) is 5.88 Å². The molecular formula is C17H23N3O4. The van der Waals surface area contributed by atoms with Crippen molar-refractivity contribution < 1.29 is 15.1 Å². The molecule has 24 heavy (non-hydrogen) atoms. The van der Waals surface area contributed by atoms with E-state index in [1.807, 2.05) is 31.2 Å². The molecule has 0 bridgehead atoms. The summed E-state index contributed by atoms with van der Waals surface area (Å²) in [6.45, 7) is 5.46. The highest BCUT2D eigenvalue weighted by atomic mass is 16.5. The van der Waals surface area contributed by atoms with Gasteiger partial charge in [0.15, 0.2) is 0 Å². The zero-order chi connectivity index (χ0) is 17.9. The number of imidazole rings is 1. The van der Waals surface area contributed by atoms with Crippen molar-refractivity contribution in [3.05, 3.63) is 51.6 Å². The Labute approximate surface area is 139 Å². The number of nitrogens with zero attached hydrogens (tertiary/aromatic N) is 1. The van der Waals surface area contributed by atoms with Gasteiger partial charge >= 0.3 is 5.69 Å². The number of aryl methyl sites for hydroxylation is 3. The predicted molar refractivity (Wildman–Crippen MR) is 89.1 cm³/mol. The second kappa shape index (κ2) is 7.35. The monoisotopic (exact) mass is 333 g/mol. The number of hydroxylamine groups is 1. The molecule has 2 rings (SSSR count). The number of benzene rings is 1. The fourth-order valence-corrected chi connectivity index (χ4v) is 2.85. The highest BCUT2D eigenvalue weighted by Crippen LogP contribution is 2.25. The van der Waals surface area contributed by atoms with Crippen molar-refractivity contribution in [1.29, 1.82) is 0 Å². The van der Waals surface area contributed by atoms with E-state index in [1.165, 1.54) is 0 Å². The molecule has 0 saturated heterocycles. The van der Waals surface area contributed by atoms with Gasteiger partial charge in [-0.05, 0) is 36.8 Å². The number of carbonyl (C=O) groups excluding carboxylic acids is 1. The summed E-state index contributed by atoms with van der Waals surface area (Å²) in [6.07, 6.45) is 1.09. The Morgan fingerprint density at radius 1 is 1.29 bits per heavy atom. The molecule has 0 fully saturated rings. The molecule has 7 heteroatoms. The van der Waals surface area contributed by atoms with E-state index >= 15 is 0 Å². The van der Waals surface area contributed by atoms with Gasteiger partial charge in [0, 0.05) is 0 Å². The zero-order valence-corrected chi connectivity index (χ0v) is 14.0. The van der Waals surface area contributed by atoms with Crippen molar-refractivity contribution in [3.63, 3.8) is 0 Å². The Balaban J connectivity index is 2.30. The number of aromatic hydroxyl groups is 1. The molecule has 1 aromatic heterocycles. The lowest BCUT2D eigenvalue weighted by Gasteiger charge is -2.19. The van der Waals surface area contributed by atoms with Crippen LogP contribution in [-0.4, -0.2) is 25.8 Å². The Bertz CT molecular complexity index is 776. The minimum Gasteiger partial charge on any atom is -0.493 e. The summed E-state index contributed by atoms with van der Waals surface area (Å²) in [5.74, 6) is -1.30. The van der Waals surface area contributed by atoms with Crippen LogP contribution in [0.15, 0.2) is 29.1 Å². The lowest BCUT2D eigenvalue weighted by Crippen LogP contribution is -2.37. The van der Waals surface area contributed by atoms with Gasteiger partial charge in [-0.25, -0.2) is 10.3 Å². The molecule has 1 aromatic carbocycles. The number of aromatic amines is 1. The van der Waals surface area contributed by atoms with E-state index in [9.17, 15) is 14.7 Å². The number of amides is 1. The highest BCUT2D eigenvalue weighted by Gasteiger charge is 2.29. The van der Waals surface area contributed by atoms with Gasteiger partial charge in [0.1, 0.15) is 6.04 Å². The first kappa shape index (κ1) is 17.8. The average molecular weight is 333 g/mol. The van der Waals surface area contributed by atoms with Crippen molar-refractivity contribution in [2.75, 3.05) is 0 Å².